The number of rotatable bonds is 3. The molecule has 0 unspecified atom stereocenters. The largest absolute Gasteiger partial charge is 0.309 e. The molecule has 3 heteroatoms. The monoisotopic (exact) mass is 602 g/mol. The summed E-state index contributed by atoms with van der Waals surface area (Å²) in [5, 5.41) is 8.80. The number of fused-ring (bicyclic) bond motifs is 10. The van der Waals surface area contributed by atoms with Gasteiger partial charge in [-0.3, -0.25) is 0 Å². The summed E-state index contributed by atoms with van der Waals surface area (Å²) in [4.78, 5) is 5.19. The highest BCUT2D eigenvalue weighted by Gasteiger charge is 2.20. The average molecular weight is 603 g/mol. The van der Waals surface area contributed by atoms with Gasteiger partial charge < -0.3 is 4.57 Å². The second kappa shape index (κ2) is 9.87. The van der Waals surface area contributed by atoms with Gasteiger partial charge in [-0.05, 0) is 35.9 Å². The van der Waals surface area contributed by atoms with E-state index in [1.807, 2.05) is 11.3 Å². The highest BCUT2D eigenvalue weighted by molar-refractivity contribution is 7.27. The van der Waals surface area contributed by atoms with Crippen molar-refractivity contribution in [3.05, 3.63) is 158 Å². The van der Waals surface area contributed by atoms with Crippen molar-refractivity contribution in [2.45, 2.75) is 0 Å². The summed E-state index contributed by atoms with van der Waals surface area (Å²) in [5.41, 5.74) is 9.30. The fraction of sp³-hybridized carbons (Fsp3) is 0. The molecule has 0 atom stereocenters. The summed E-state index contributed by atoms with van der Waals surface area (Å²) < 4.78 is 5.04. The van der Waals surface area contributed by atoms with Crippen LogP contribution in [0.5, 0.6) is 0 Å². The minimum absolute atomic E-state index is 1.02. The van der Waals surface area contributed by atoms with Crippen molar-refractivity contribution in [1.82, 2.24) is 9.55 Å². The van der Waals surface area contributed by atoms with E-state index in [0.29, 0.717) is 0 Å². The first-order valence-electron chi connectivity index (χ1n) is 15.7. The normalized spacial score (nSPS) is 11.9. The third kappa shape index (κ3) is 3.61. The summed E-state index contributed by atoms with van der Waals surface area (Å²) >= 11 is 1.89. The van der Waals surface area contributed by atoms with Crippen LogP contribution in [0.25, 0.3) is 91.7 Å². The van der Waals surface area contributed by atoms with Gasteiger partial charge in [0.05, 0.1) is 27.9 Å². The lowest BCUT2D eigenvalue weighted by Crippen LogP contribution is -1.97. The first kappa shape index (κ1) is 25.5. The van der Waals surface area contributed by atoms with Crippen LogP contribution in [0.4, 0.5) is 0 Å². The molecular weight excluding hydrogens is 577 g/mol. The zero-order chi connectivity index (χ0) is 30.2. The molecule has 0 saturated heterocycles. The van der Waals surface area contributed by atoms with E-state index >= 15 is 0 Å². The molecule has 0 aliphatic heterocycles. The Bertz CT molecular complexity index is 2750. The van der Waals surface area contributed by atoms with Gasteiger partial charge >= 0.3 is 0 Å². The fourth-order valence-corrected chi connectivity index (χ4v) is 8.73. The van der Waals surface area contributed by atoms with E-state index in [1.54, 1.807) is 0 Å². The van der Waals surface area contributed by atoms with E-state index in [1.165, 1.54) is 75.0 Å². The smallest absolute Gasteiger partial charge is 0.0788 e. The summed E-state index contributed by atoms with van der Waals surface area (Å²) in [6.45, 7) is 0. The molecule has 0 bridgehead atoms. The molecular formula is C43H26N2S. The lowest BCUT2D eigenvalue weighted by molar-refractivity contribution is 1.18. The van der Waals surface area contributed by atoms with Gasteiger partial charge in [0.1, 0.15) is 0 Å². The number of aromatic nitrogens is 2. The van der Waals surface area contributed by atoms with Gasteiger partial charge in [0, 0.05) is 58.2 Å². The van der Waals surface area contributed by atoms with Crippen molar-refractivity contribution in [2.24, 2.45) is 0 Å². The quantitative estimate of drug-likeness (QED) is 0.184. The first-order valence-corrected chi connectivity index (χ1v) is 16.5. The lowest BCUT2D eigenvalue weighted by atomic mass is 9.95. The highest BCUT2D eigenvalue weighted by atomic mass is 32.1. The number of benzene rings is 7. The van der Waals surface area contributed by atoms with Crippen molar-refractivity contribution >= 4 is 75.0 Å². The molecule has 10 aromatic rings. The van der Waals surface area contributed by atoms with Crippen molar-refractivity contribution in [3.8, 4) is 28.1 Å². The standard InChI is InChI=1S/C43H26N2S/c1-2-13-27(14-3-1)42-33-25-26-34-40-31(19-12-24-39(40)46-43(34)41(33)32-18-4-8-20-35(32)44-42)30-17-7-11-23-38(30)45-36-21-9-5-15-28(36)29-16-6-10-22-37(29)45/h1-26H. The minimum Gasteiger partial charge on any atom is -0.309 e. The van der Waals surface area contributed by atoms with Gasteiger partial charge in [-0.25, -0.2) is 4.98 Å². The minimum atomic E-state index is 1.02. The van der Waals surface area contributed by atoms with Crippen LogP contribution in [0.15, 0.2) is 158 Å². The van der Waals surface area contributed by atoms with Crippen LogP contribution in [0.3, 0.4) is 0 Å². The topological polar surface area (TPSA) is 17.8 Å². The SMILES string of the molecule is c1ccc(-c2nc3ccccc3c3c2ccc2c3sc3cccc(-c4ccccc4-n4c5ccccc5c5ccccc54)c32)cc1. The fourth-order valence-electron chi connectivity index (χ4n) is 7.44. The Balaban J connectivity index is 1.31. The number of hydrogen-bond donors (Lipinski definition) is 0. The van der Waals surface area contributed by atoms with Gasteiger partial charge in [-0.2, -0.15) is 0 Å². The van der Waals surface area contributed by atoms with Gasteiger partial charge in [0.25, 0.3) is 0 Å². The molecule has 3 aromatic heterocycles. The molecule has 0 saturated carbocycles. The van der Waals surface area contributed by atoms with Gasteiger partial charge in [0.2, 0.25) is 0 Å². The van der Waals surface area contributed by atoms with E-state index in [0.717, 1.165) is 16.8 Å². The number of thiophene rings is 1. The average Bonchev–Trinajstić information content (AvgIpc) is 3.68. The third-order valence-corrected chi connectivity index (χ3v) is 10.6. The molecule has 0 amide bonds. The van der Waals surface area contributed by atoms with Crippen molar-refractivity contribution in [3.63, 3.8) is 0 Å². The Labute approximate surface area is 269 Å². The Kier molecular flexibility index (Phi) is 5.48. The van der Waals surface area contributed by atoms with E-state index < -0.39 is 0 Å². The molecule has 0 radical (unpaired) electrons. The summed E-state index contributed by atoms with van der Waals surface area (Å²) in [6, 6.07) is 56.9. The van der Waals surface area contributed by atoms with Crippen molar-refractivity contribution in [2.75, 3.05) is 0 Å². The Morgan fingerprint density at radius 1 is 0.435 bits per heavy atom. The van der Waals surface area contributed by atoms with Crippen molar-refractivity contribution in [1.29, 1.82) is 0 Å². The van der Waals surface area contributed by atoms with Crippen LogP contribution in [-0.2, 0) is 0 Å². The first-order chi connectivity index (χ1) is 22.8. The second-order valence-corrected chi connectivity index (χ2v) is 12.9. The number of pyridine rings is 1. The summed E-state index contributed by atoms with van der Waals surface area (Å²) in [6.07, 6.45) is 0. The van der Waals surface area contributed by atoms with Crippen LogP contribution in [0.2, 0.25) is 0 Å². The molecule has 214 valence electrons. The maximum Gasteiger partial charge on any atom is 0.0788 e. The van der Waals surface area contributed by atoms with E-state index in [2.05, 4.69) is 162 Å². The molecule has 0 N–H and O–H groups in total. The van der Waals surface area contributed by atoms with E-state index in [4.69, 9.17) is 4.98 Å². The second-order valence-electron chi connectivity index (χ2n) is 11.9. The summed E-state index contributed by atoms with van der Waals surface area (Å²) in [7, 11) is 0. The molecule has 0 spiro atoms. The lowest BCUT2D eigenvalue weighted by Gasteiger charge is -2.15. The van der Waals surface area contributed by atoms with Crippen LogP contribution in [-0.4, -0.2) is 9.55 Å². The Morgan fingerprint density at radius 3 is 1.87 bits per heavy atom. The van der Waals surface area contributed by atoms with E-state index in [9.17, 15) is 0 Å². The molecule has 0 aliphatic carbocycles. The number of para-hydroxylation sites is 4. The molecule has 0 aliphatic rings. The van der Waals surface area contributed by atoms with Crippen LogP contribution in [0.1, 0.15) is 0 Å². The highest BCUT2D eigenvalue weighted by Crippen LogP contribution is 2.47. The van der Waals surface area contributed by atoms with E-state index in [-0.39, 0.29) is 0 Å². The molecule has 2 nitrogen and oxygen atoms in total. The van der Waals surface area contributed by atoms with Gasteiger partial charge in [-0.1, -0.05) is 127 Å². The van der Waals surface area contributed by atoms with Crippen molar-refractivity contribution < 1.29 is 0 Å². The zero-order valence-corrected chi connectivity index (χ0v) is 25.6. The van der Waals surface area contributed by atoms with Crippen LogP contribution >= 0.6 is 11.3 Å². The third-order valence-electron chi connectivity index (χ3n) is 9.39. The van der Waals surface area contributed by atoms with Gasteiger partial charge in [0.15, 0.2) is 0 Å². The molecule has 7 aromatic carbocycles. The maximum atomic E-state index is 5.19. The van der Waals surface area contributed by atoms with Crippen LogP contribution < -0.4 is 0 Å². The Hall–Kier alpha value is -5.77. The Morgan fingerprint density at radius 2 is 1.07 bits per heavy atom. The predicted molar refractivity (Wildman–Crippen MR) is 197 cm³/mol. The number of nitrogens with zero attached hydrogens (tertiary/aromatic N) is 2. The molecule has 46 heavy (non-hydrogen) atoms. The van der Waals surface area contributed by atoms with Crippen LogP contribution in [0, 0.1) is 0 Å². The summed E-state index contributed by atoms with van der Waals surface area (Å²) in [5.74, 6) is 0. The van der Waals surface area contributed by atoms with Gasteiger partial charge in [-0.15, -0.1) is 11.3 Å². The molecule has 10 rings (SSSR count). The number of hydrogen-bond acceptors (Lipinski definition) is 2. The zero-order valence-electron chi connectivity index (χ0n) is 24.8. The molecule has 0 fully saturated rings. The molecule has 3 heterocycles. The predicted octanol–water partition coefficient (Wildman–Crippen LogP) is 12.2. The maximum absolute atomic E-state index is 5.19.